The van der Waals surface area contributed by atoms with E-state index in [1.807, 2.05) is 0 Å². The van der Waals surface area contributed by atoms with Crippen LogP contribution in [0, 0.1) is 0 Å². The normalized spacial score (nSPS) is 13.3. The SMILES string of the molecule is CP(C)C[B-](C)(CP(C)C)CP(C)C. The number of hydrogen-bond acceptors (Lipinski definition) is 0. The molecule has 0 aliphatic heterocycles. The maximum absolute atomic E-state index is 2.59. The van der Waals surface area contributed by atoms with Gasteiger partial charge in [-0.3, -0.25) is 0 Å². The van der Waals surface area contributed by atoms with Crippen LogP contribution in [-0.2, 0) is 0 Å². The predicted molar refractivity (Wildman–Crippen MR) is 82.5 cm³/mol. The highest BCUT2D eigenvalue weighted by Crippen LogP contribution is 2.41. The number of rotatable bonds is 6. The lowest BCUT2D eigenvalue weighted by Gasteiger charge is -2.40. The van der Waals surface area contributed by atoms with E-state index < -0.39 is 0 Å². The van der Waals surface area contributed by atoms with Gasteiger partial charge in [-0.05, 0) is 40.0 Å². The molecule has 0 spiro atoms. The summed E-state index contributed by atoms with van der Waals surface area (Å²) < 4.78 is 0. The Morgan fingerprint density at radius 2 is 0.857 bits per heavy atom. The second kappa shape index (κ2) is 6.83. The molecule has 0 fully saturated rings. The third-order valence-electron chi connectivity index (χ3n) is 2.42. The van der Waals surface area contributed by atoms with Crippen LogP contribution < -0.4 is 0 Å². The lowest BCUT2D eigenvalue weighted by Crippen LogP contribution is -2.42. The second-order valence-electron chi connectivity index (χ2n) is 5.88. The summed E-state index contributed by atoms with van der Waals surface area (Å²) in [6.45, 7) is 17.2. The Balaban J connectivity index is 4.32. The maximum Gasteiger partial charge on any atom is 0.0108 e. The molecule has 86 valence electrons. The summed E-state index contributed by atoms with van der Waals surface area (Å²) in [6, 6.07) is 4.61. The minimum absolute atomic E-state index is 0.0247. The van der Waals surface area contributed by atoms with Gasteiger partial charge < -0.3 is 0 Å². The van der Waals surface area contributed by atoms with E-state index in [4.69, 9.17) is 0 Å². The first-order chi connectivity index (χ1) is 6.25. The molecule has 0 atom stereocenters. The molecule has 0 aromatic carbocycles. The summed E-state index contributed by atoms with van der Waals surface area (Å²) in [5, 5.41) is 0. The highest BCUT2D eigenvalue weighted by atomic mass is 31.1. The highest BCUT2D eigenvalue weighted by molar-refractivity contribution is 7.66. The predicted octanol–water partition coefficient (Wildman–Crippen LogP) is 3.91. The fraction of sp³-hybridized carbons (Fsp3) is 1.00. The molecule has 0 nitrogen and oxygen atoms in total. The Morgan fingerprint density at radius 3 is 1.00 bits per heavy atom. The lowest BCUT2D eigenvalue weighted by molar-refractivity contribution is 1.57. The van der Waals surface area contributed by atoms with E-state index in [0.29, 0.717) is 23.8 Å². The van der Waals surface area contributed by atoms with Gasteiger partial charge in [0.25, 0.3) is 0 Å². The van der Waals surface area contributed by atoms with Gasteiger partial charge in [0, 0.05) is 6.15 Å². The van der Waals surface area contributed by atoms with E-state index in [-0.39, 0.29) is 6.15 Å². The van der Waals surface area contributed by atoms with Crippen molar-refractivity contribution in [3.8, 4) is 0 Å². The molecule has 0 bridgehead atoms. The first-order valence-electron chi connectivity index (χ1n) is 5.43. The Labute approximate surface area is 95.2 Å². The summed E-state index contributed by atoms with van der Waals surface area (Å²) in [7, 11) is 0.897. The molecule has 0 amide bonds. The molecule has 14 heavy (non-hydrogen) atoms. The van der Waals surface area contributed by atoms with Gasteiger partial charge in [0.2, 0.25) is 0 Å². The van der Waals surface area contributed by atoms with Crippen LogP contribution in [0.5, 0.6) is 0 Å². The van der Waals surface area contributed by atoms with Crippen molar-refractivity contribution in [3.63, 3.8) is 0 Å². The van der Waals surface area contributed by atoms with Gasteiger partial charge in [0.1, 0.15) is 0 Å². The van der Waals surface area contributed by atoms with Crippen LogP contribution in [0.2, 0.25) is 6.82 Å². The Kier molecular flexibility index (Phi) is 7.50. The van der Waals surface area contributed by atoms with Gasteiger partial charge in [-0.1, -0.05) is 0 Å². The molecular formula is C10H27BP3-. The average Bonchev–Trinajstić information content (AvgIpc) is 1.76. The Morgan fingerprint density at radius 1 is 0.643 bits per heavy atom. The monoisotopic (exact) mass is 251 g/mol. The van der Waals surface area contributed by atoms with E-state index >= 15 is 0 Å². The molecule has 0 aliphatic carbocycles. The summed E-state index contributed by atoms with van der Waals surface area (Å²) in [6.07, 6.45) is -0.0247. The van der Waals surface area contributed by atoms with Gasteiger partial charge in [0.15, 0.2) is 0 Å². The minimum Gasteiger partial charge on any atom is -0.189 e. The molecular weight excluding hydrogens is 224 g/mol. The molecule has 0 saturated heterocycles. The molecule has 0 aromatic rings. The van der Waals surface area contributed by atoms with E-state index in [2.05, 4.69) is 46.8 Å². The molecule has 0 saturated carbocycles. The van der Waals surface area contributed by atoms with Crippen LogP contribution in [0.15, 0.2) is 0 Å². The largest absolute Gasteiger partial charge is 0.189 e. The summed E-state index contributed by atoms with van der Waals surface area (Å²) in [5.74, 6) is 0. The van der Waals surface area contributed by atoms with Gasteiger partial charge in [0.05, 0.1) is 0 Å². The van der Waals surface area contributed by atoms with E-state index in [1.54, 1.807) is 0 Å². The smallest absolute Gasteiger partial charge is 0.0108 e. The molecule has 0 N–H and O–H groups in total. The van der Waals surface area contributed by atoms with Gasteiger partial charge in [-0.2, -0.15) is 25.0 Å². The quantitative estimate of drug-likeness (QED) is 0.496. The van der Waals surface area contributed by atoms with Crippen molar-refractivity contribution in [2.45, 2.75) is 6.82 Å². The van der Waals surface area contributed by atoms with E-state index in [0.717, 1.165) is 0 Å². The van der Waals surface area contributed by atoms with Crippen LogP contribution in [-0.4, -0.2) is 64.3 Å². The van der Waals surface area contributed by atoms with E-state index in [1.165, 1.54) is 18.2 Å². The van der Waals surface area contributed by atoms with Crippen LogP contribution in [0.4, 0.5) is 0 Å². The molecule has 4 heteroatoms. The molecule has 0 rings (SSSR count). The third-order valence-corrected chi connectivity index (χ3v) is 7.25. The fourth-order valence-electron chi connectivity index (χ4n) is 2.82. The van der Waals surface area contributed by atoms with E-state index in [9.17, 15) is 0 Å². The topological polar surface area (TPSA) is 0 Å². The zero-order chi connectivity index (χ0) is 11.4. The van der Waals surface area contributed by atoms with Crippen molar-refractivity contribution < 1.29 is 0 Å². The first kappa shape index (κ1) is 15.4. The summed E-state index contributed by atoms with van der Waals surface area (Å²) >= 11 is 0. The van der Waals surface area contributed by atoms with Crippen molar-refractivity contribution in [2.75, 3.05) is 58.2 Å². The van der Waals surface area contributed by atoms with Crippen LogP contribution in [0.25, 0.3) is 0 Å². The second-order valence-corrected chi connectivity index (χ2v) is 13.5. The zero-order valence-electron chi connectivity index (χ0n) is 11.0. The van der Waals surface area contributed by atoms with Crippen molar-refractivity contribution in [2.24, 2.45) is 0 Å². The van der Waals surface area contributed by atoms with Gasteiger partial charge in [-0.25, -0.2) is 0 Å². The third kappa shape index (κ3) is 7.62. The van der Waals surface area contributed by atoms with Crippen molar-refractivity contribution in [3.05, 3.63) is 0 Å². The maximum atomic E-state index is 2.59. The summed E-state index contributed by atoms with van der Waals surface area (Å²) in [4.78, 5) is 0. The summed E-state index contributed by atoms with van der Waals surface area (Å²) in [5.41, 5.74) is 0. The molecule has 0 aliphatic rings. The van der Waals surface area contributed by atoms with Crippen LogP contribution in [0.1, 0.15) is 0 Å². The van der Waals surface area contributed by atoms with Gasteiger partial charge >= 0.3 is 0 Å². The Bertz CT molecular complexity index is 131. The van der Waals surface area contributed by atoms with Gasteiger partial charge in [-0.15, -0.1) is 23.8 Å². The van der Waals surface area contributed by atoms with Crippen LogP contribution in [0.3, 0.4) is 0 Å². The first-order valence-corrected chi connectivity index (χ1v) is 12.7. The van der Waals surface area contributed by atoms with Crippen molar-refractivity contribution >= 4 is 29.9 Å². The Hall–Kier alpha value is 1.35. The minimum atomic E-state index is -0.0247. The molecule has 0 heterocycles. The molecule has 0 aromatic heterocycles. The molecule has 0 unspecified atom stereocenters. The van der Waals surface area contributed by atoms with Crippen molar-refractivity contribution in [1.29, 1.82) is 0 Å². The highest BCUT2D eigenvalue weighted by Gasteiger charge is 2.22. The van der Waals surface area contributed by atoms with Crippen LogP contribution >= 0.6 is 23.8 Å². The van der Waals surface area contributed by atoms with Crippen molar-refractivity contribution in [1.82, 2.24) is 0 Å². The zero-order valence-corrected chi connectivity index (χ0v) is 13.7. The lowest BCUT2D eigenvalue weighted by atomic mass is 9.31. The fourth-order valence-corrected chi connectivity index (χ4v) is 9.49. The molecule has 0 radical (unpaired) electrons. The number of hydrogen-bond donors (Lipinski definition) is 0. The average molecular weight is 251 g/mol. The standard InChI is InChI=1S/C10H27BP3/c1-11(8-12(2)3,9-13(4)5)10-14(6)7/h8-10H2,1-7H3/q-1.